The molecule has 1 unspecified atom stereocenters. The van der Waals surface area contributed by atoms with E-state index in [0.29, 0.717) is 0 Å². The predicted molar refractivity (Wildman–Crippen MR) is 51.5 cm³/mol. The largest absolute Gasteiger partial charge is 0.385 e. The fourth-order valence-electron chi connectivity index (χ4n) is 0.879. The van der Waals surface area contributed by atoms with Crippen LogP contribution in [0.4, 0.5) is 0 Å². The lowest BCUT2D eigenvalue weighted by Crippen LogP contribution is -2.27. The number of hydrogen-bond donors (Lipinski definition) is 2. The molecule has 0 aliphatic heterocycles. The number of nitrogens with two attached hydrogens (primary N) is 1. The van der Waals surface area contributed by atoms with Gasteiger partial charge in [-0.2, -0.15) is 0 Å². The fraction of sp³-hybridized carbons (Fsp3) is 0.889. The Hall–Kier alpha value is -0.570. The summed E-state index contributed by atoms with van der Waals surface area (Å²) < 4.78 is 5.30. The molecular weight excluding hydrogens is 152 g/mol. The first-order valence-electron chi connectivity index (χ1n) is 4.64. The van der Waals surface area contributed by atoms with Crippen LogP contribution in [-0.2, 0) is 4.74 Å². The second kappa shape index (κ2) is 7.10. The Bertz CT molecular complexity index is 126. The van der Waals surface area contributed by atoms with Crippen molar-refractivity contribution < 1.29 is 4.74 Å². The first-order valence-corrected chi connectivity index (χ1v) is 4.64. The average Bonchev–Trinajstić information content (AvgIpc) is 2.03. The minimum absolute atomic E-state index is 0.116. The van der Waals surface area contributed by atoms with Crippen molar-refractivity contribution in [1.82, 2.24) is 0 Å². The van der Waals surface area contributed by atoms with Crippen LogP contribution in [0.25, 0.3) is 0 Å². The number of unbranched alkanes of at least 4 members (excludes halogenated alkanes) is 3. The minimum Gasteiger partial charge on any atom is -0.385 e. The average molecular weight is 172 g/mol. The molecule has 0 aliphatic rings. The van der Waals surface area contributed by atoms with Crippen LogP contribution in [0.3, 0.4) is 0 Å². The van der Waals surface area contributed by atoms with Crippen LogP contribution in [0, 0.1) is 5.41 Å². The van der Waals surface area contributed by atoms with Crippen molar-refractivity contribution in [3.63, 3.8) is 0 Å². The molecule has 0 aromatic heterocycles. The van der Waals surface area contributed by atoms with Crippen LogP contribution in [0.1, 0.15) is 39.5 Å². The first-order chi connectivity index (χ1) is 5.68. The van der Waals surface area contributed by atoms with Crippen molar-refractivity contribution >= 4 is 5.84 Å². The van der Waals surface area contributed by atoms with Gasteiger partial charge in [0.1, 0.15) is 11.9 Å². The van der Waals surface area contributed by atoms with Gasteiger partial charge in [-0.25, -0.2) is 0 Å². The van der Waals surface area contributed by atoms with E-state index < -0.39 is 0 Å². The topological polar surface area (TPSA) is 59.1 Å². The second-order valence-electron chi connectivity index (χ2n) is 3.03. The first kappa shape index (κ1) is 11.4. The molecule has 0 bridgehead atoms. The normalized spacial score (nSPS) is 12.8. The highest BCUT2D eigenvalue weighted by Crippen LogP contribution is 2.00. The van der Waals surface area contributed by atoms with E-state index in [1.807, 2.05) is 6.92 Å². The van der Waals surface area contributed by atoms with Crippen LogP contribution in [0.2, 0.25) is 0 Å². The lowest BCUT2D eigenvalue weighted by molar-refractivity contribution is 0.105. The zero-order valence-electron chi connectivity index (χ0n) is 8.10. The van der Waals surface area contributed by atoms with Crippen molar-refractivity contribution in [1.29, 1.82) is 5.41 Å². The maximum atomic E-state index is 7.07. The zero-order chi connectivity index (χ0) is 9.40. The van der Waals surface area contributed by atoms with E-state index in [2.05, 4.69) is 6.92 Å². The summed E-state index contributed by atoms with van der Waals surface area (Å²) in [5.41, 5.74) is 5.24. The van der Waals surface area contributed by atoms with Crippen LogP contribution >= 0.6 is 0 Å². The maximum Gasteiger partial charge on any atom is 0.120 e. The van der Waals surface area contributed by atoms with E-state index in [1.165, 1.54) is 19.3 Å². The third-order valence-corrected chi connectivity index (χ3v) is 1.80. The molecule has 12 heavy (non-hydrogen) atoms. The van der Waals surface area contributed by atoms with Crippen molar-refractivity contribution in [3.8, 4) is 0 Å². The van der Waals surface area contributed by atoms with E-state index in [0.717, 1.165) is 13.0 Å². The molecule has 0 amide bonds. The summed E-state index contributed by atoms with van der Waals surface area (Å²) in [4.78, 5) is 0. The number of nitrogens with one attached hydrogen (secondary N) is 1. The summed E-state index contributed by atoms with van der Waals surface area (Å²) in [7, 11) is 0. The highest BCUT2D eigenvalue weighted by Gasteiger charge is 2.03. The van der Waals surface area contributed by atoms with Crippen molar-refractivity contribution in [2.45, 2.75) is 45.6 Å². The zero-order valence-corrected chi connectivity index (χ0v) is 8.10. The van der Waals surface area contributed by atoms with Crippen LogP contribution in [-0.4, -0.2) is 18.5 Å². The van der Waals surface area contributed by atoms with Crippen LogP contribution in [0.5, 0.6) is 0 Å². The standard InChI is InChI=1S/C9H20N2O/c1-3-4-5-6-7-12-8(2)9(10)11/h8H,3-7H2,1-2H3,(H3,10,11). The molecule has 3 N–H and O–H groups in total. The van der Waals surface area contributed by atoms with Crippen LogP contribution < -0.4 is 5.73 Å². The Morgan fingerprint density at radius 2 is 2.08 bits per heavy atom. The molecule has 0 saturated heterocycles. The Morgan fingerprint density at radius 3 is 2.58 bits per heavy atom. The molecule has 72 valence electrons. The van der Waals surface area contributed by atoms with Gasteiger partial charge in [-0.1, -0.05) is 26.2 Å². The molecular formula is C9H20N2O. The van der Waals surface area contributed by atoms with Gasteiger partial charge < -0.3 is 10.5 Å². The van der Waals surface area contributed by atoms with Crippen molar-refractivity contribution in [3.05, 3.63) is 0 Å². The molecule has 0 heterocycles. The molecule has 0 saturated carbocycles. The van der Waals surface area contributed by atoms with Gasteiger partial charge in [0.15, 0.2) is 0 Å². The van der Waals surface area contributed by atoms with Gasteiger partial charge in [-0.05, 0) is 13.3 Å². The van der Waals surface area contributed by atoms with E-state index in [1.54, 1.807) is 0 Å². The second-order valence-corrected chi connectivity index (χ2v) is 3.03. The summed E-state index contributed by atoms with van der Waals surface area (Å²) in [6, 6.07) is 0. The van der Waals surface area contributed by atoms with E-state index in [-0.39, 0.29) is 11.9 Å². The minimum atomic E-state index is -0.216. The number of hydrogen-bond acceptors (Lipinski definition) is 2. The summed E-state index contributed by atoms with van der Waals surface area (Å²) in [6.07, 6.45) is 4.57. The molecule has 0 aromatic rings. The molecule has 0 fully saturated rings. The van der Waals surface area contributed by atoms with E-state index in [9.17, 15) is 0 Å². The lowest BCUT2D eigenvalue weighted by atomic mass is 10.2. The van der Waals surface area contributed by atoms with Gasteiger partial charge in [-0.3, -0.25) is 5.41 Å². The van der Waals surface area contributed by atoms with Crippen molar-refractivity contribution in [2.24, 2.45) is 5.73 Å². The summed E-state index contributed by atoms with van der Waals surface area (Å²) in [6.45, 7) is 4.71. The number of amidine groups is 1. The molecule has 3 nitrogen and oxygen atoms in total. The third kappa shape index (κ3) is 6.16. The summed E-state index contributed by atoms with van der Waals surface area (Å²) in [5, 5.41) is 7.07. The molecule has 0 aliphatic carbocycles. The summed E-state index contributed by atoms with van der Waals surface area (Å²) >= 11 is 0. The SMILES string of the molecule is CCCCCCOC(C)C(=N)N. The Kier molecular flexibility index (Phi) is 6.76. The van der Waals surface area contributed by atoms with Gasteiger partial charge in [0.2, 0.25) is 0 Å². The highest BCUT2D eigenvalue weighted by atomic mass is 16.5. The quantitative estimate of drug-likeness (QED) is 0.350. The molecule has 0 rings (SSSR count). The third-order valence-electron chi connectivity index (χ3n) is 1.80. The summed E-state index contributed by atoms with van der Waals surface area (Å²) in [5.74, 6) is 0.116. The number of ether oxygens (including phenoxy) is 1. The number of rotatable bonds is 7. The Balaban J connectivity index is 3.14. The Morgan fingerprint density at radius 1 is 1.42 bits per heavy atom. The molecule has 0 spiro atoms. The van der Waals surface area contributed by atoms with E-state index >= 15 is 0 Å². The molecule has 1 atom stereocenters. The predicted octanol–water partition coefficient (Wildman–Crippen LogP) is 1.91. The smallest absolute Gasteiger partial charge is 0.120 e. The van der Waals surface area contributed by atoms with Crippen molar-refractivity contribution in [2.75, 3.05) is 6.61 Å². The molecule has 0 aromatic carbocycles. The monoisotopic (exact) mass is 172 g/mol. The molecule has 0 radical (unpaired) electrons. The fourth-order valence-corrected chi connectivity index (χ4v) is 0.879. The van der Waals surface area contributed by atoms with Gasteiger partial charge in [0.25, 0.3) is 0 Å². The Labute approximate surface area is 74.8 Å². The van der Waals surface area contributed by atoms with Gasteiger partial charge >= 0.3 is 0 Å². The van der Waals surface area contributed by atoms with Gasteiger partial charge in [-0.15, -0.1) is 0 Å². The van der Waals surface area contributed by atoms with Crippen LogP contribution in [0.15, 0.2) is 0 Å². The molecule has 3 heteroatoms. The maximum absolute atomic E-state index is 7.07. The highest BCUT2D eigenvalue weighted by molar-refractivity contribution is 5.81. The van der Waals surface area contributed by atoms with Gasteiger partial charge in [0, 0.05) is 6.61 Å². The van der Waals surface area contributed by atoms with E-state index in [4.69, 9.17) is 15.9 Å². The lowest BCUT2D eigenvalue weighted by Gasteiger charge is -2.10. The van der Waals surface area contributed by atoms with Gasteiger partial charge in [0.05, 0.1) is 0 Å².